The van der Waals surface area contributed by atoms with Gasteiger partial charge in [-0.3, -0.25) is 4.79 Å². The number of halogens is 2. The Hall–Kier alpha value is -1.55. The lowest BCUT2D eigenvalue weighted by Crippen LogP contribution is -2.21. The van der Waals surface area contributed by atoms with E-state index in [-0.39, 0.29) is 0 Å². The Morgan fingerprint density at radius 1 is 1.15 bits per heavy atom. The van der Waals surface area contributed by atoms with Crippen LogP contribution >= 0.6 is 23.2 Å². The van der Waals surface area contributed by atoms with Crippen molar-refractivity contribution in [2.45, 2.75) is 13.0 Å². The molecule has 0 bridgehead atoms. The van der Waals surface area contributed by atoms with E-state index in [1.165, 1.54) is 12.1 Å². The molecule has 1 unspecified atom stereocenters. The van der Waals surface area contributed by atoms with Gasteiger partial charge in [0.1, 0.15) is 0 Å². The number of benzene rings is 2. The molecule has 0 aromatic heterocycles. The Bertz CT molecular complexity index is 623. The Morgan fingerprint density at radius 2 is 1.75 bits per heavy atom. The van der Waals surface area contributed by atoms with Crippen molar-refractivity contribution < 1.29 is 9.90 Å². The number of para-hydroxylation sites is 1. The van der Waals surface area contributed by atoms with Gasteiger partial charge in [0, 0.05) is 15.7 Å². The van der Waals surface area contributed by atoms with E-state index in [1.807, 2.05) is 25.1 Å². The van der Waals surface area contributed by atoms with Crippen LogP contribution in [-0.2, 0) is 4.79 Å². The summed E-state index contributed by atoms with van der Waals surface area (Å²) in [6, 6.07) is 11.9. The molecule has 0 spiro atoms. The standard InChI is InChI=1S/C15H13Cl2NO2/c1-9-4-2-3-5-13(9)18-15(20)14(19)10-6-11(16)8-12(17)7-10/h2-8,14,19H,1H3,(H,18,20). The van der Waals surface area contributed by atoms with E-state index in [1.54, 1.807) is 12.1 Å². The van der Waals surface area contributed by atoms with Crippen LogP contribution in [0.2, 0.25) is 10.0 Å². The van der Waals surface area contributed by atoms with Crippen LogP contribution in [0.4, 0.5) is 5.69 Å². The molecule has 0 radical (unpaired) electrons. The fraction of sp³-hybridized carbons (Fsp3) is 0.133. The fourth-order valence-electron chi connectivity index (χ4n) is 1.80. The van der Waals surface area contributed by atoms with Gasteiger partial charge in [0.2, 0.25) is 0 Å². The van der Waals surface area contributed by atoms with Crippen LogP contribution in [0, 0.1) is 6.92 Å². The van der Waals surface area contributed by atoms with E-state index in [2.05, 4.69) is 5.32 Å². The van der Waals surface area contributed by atoms with Gasteiger partial charge in [-0.05, 0) is 42.3 Å². The molecule has 2 aromatic rings. The second-order valence-electron chi connectivity index (χ2n) is 4.41. The molecule has 104 valence electrons. The highest BCUT2D eigenvalue weighted by molar-refractivity contribution is 6.34. The van der Waals surface area contributed by atoms with Crippen molar-refractivity contribution >= 4 is 34.8 Å². The highest BCUT2D eigenvalue weighted by atomic mass is 35.5. The highest BCUT2D eigenvalue weighted by Gasteiger charge is 2.19. The number of carbonyl (C=O) groups is 1. The van der Waals surface area contributed by atoms with Crippen LogP contribution in [0.15, 0.2) is 42.5 Å². The lowest BCUT2D eigenvalue weighted by molar-refractivity contribution is -0.124. The number of amides is 1. The maximum atomic E-state index is 12.0. The van der Waals surface area contributed by atoms with Crippen molar-refractivity contribution in [3.05, 3.63) is 63.6 Å². The van der Waals surface area contributed by atoms with Gasteiger partial charge in [-0.2, -0.15) is 0 Å². The maximum absolute atomic E-state index is 12.0. The van der Waals surface area contributed by atoms with Gasteiger partial charge in [-0.15, -0.1) is 0 Å². The van der Waals surface area contributed by atoms with Gasteiger partial charge in [-0.25, -0.2) is 0 Å². The first-order valence-electron chi connectivity index (χ1n) is 5.98. The molecule has 0 aliphatic carbocycles. The van der Waals surface area contributed by atoms with Crippen LogP contribution in [0.5, 0.6) is 0 Å². The van der Waals surface area contributed by atoms with Gasteiger partial charge >= 0.3 is 0 Å². The summed E-state index contributed by atoms with van der Waals surface area (Å²) < 4.78 is 0. The number of carbonyl (C=O) groups excluding carboxylic acids is 1. The number of hydrogen-bond acceptors (Lipinski definition) is 2. The average Bonchev–Trinajstić information content (AvgIpc) is 2.39. The summed E-state index contributed by atoms with van der Waals surface area (Å²) in [5.74, 6) is -0.530. The number of hydrogen-bond donors (Lipinski definition) is 2. The molecule has 0 saturated carbocycles. The van der Waals surface area contributed by atoms with E-state index >= 15 is 0 Å². The van der Waals surface area contributed by atoms with Crippen LogP contribution in [0.1, 0.15) is 17.2 Å². The minimum absolute atomic E-state index is 0.355. The third-order valence-electron chi connectivity index (χ3n) is 2.85. The Kier molecular flexibility index (Phi) is 4.65. The minimum atomic E-state index is -1.33. The van der Waals surface area contributed by atoms with Gasteiger partial charge in [0.15, 0.2) is 6.10 Å². The summed E-state index contributed by atoms with van der Waals surface area (Å²) in [4.78, 5) is 12.0. The van der Waals surface area contributed by atoms with Crippen molar-refractivity contribution in [3.8, 4) is 0 Å². The van der Waals surface area contributed by atoms with Crippen LogP contribution in [-0.4, -0.2) is 11.0 Å². The number of anilines is 1. The molecule has 2 aromatic carbocycles. The topological polar surface area (TPSA) is 49.3 Å². The second-order valence-corrected chi connectivity index (χ2v) is 5.28. The Morgan fingerprint density at radius 3 is 2.35 bits per heavy atom. The van der Waals surface area contributed by atoms with Gasteiger partial charge < -0.3 is 10.4 Å². The zero-order valence-electron chi connectivity index (χ0n) is 10.7. The molecule has 3 nitrogen and oxygen atoms in total. The average molecular weight is 310 g/mol. The summed E-state index contributed by atoms with van der Waals surface area (Å²) in [6.45, 7) is 1.87. The first-order chi connectivity index (χ1) is 9.47. The van der Waals surface area contributed by atoms with Crippen LogP contribution in [0.25, 0.3) is 0 Å². The third kappa shape index (κ3) is 3.51. The van der Waals surface area contributed by atoms with Crippen LogP contribution in [0.3, 0.4) is 0 Å². The maximum Gasteiger partial charge on any atom is 0.257 e. The lowest BCUT2D eigenvalue weighted by Gasteiger charge is -2.13. The number of nitrogens with one attached hydrogen (secondary N) is 1. The van der Waals surface area contributed by atoms with Crippen molar-refractivity contribution in [2.24, 2.45) is 0 Å². The minimum Gasteiger partial charge on any atom is -0.378 e. The molecule has 0 saturated heterocycles. The zero-order chi connectivity index (χ0) is 14.7. The summed E-state index contributed by atoms with van der Waals surface area (Å²) in [6.07, 6.45) is -1.33. The molecular formula is C15H13Cl2NO2. The zero-order valence-corrected chi connectivity index (χ0v) is 12.2. The van der Waals surface area contributed by atoms with Crippen LogP contribution < -0.4 is 5.32 Å². The molecule has 0 fully saturated rings. The number of rotatable bonds is 3. The van der Waals surface area contributed by atoms with E-state index in [4.69, 9.17) is 23.2 Å². The summed E-state index contributed by atoms with van der Waals surface area (Å²) in [5, 5.41) is 13.5. The van der Waals surface area contributed by atoms with E-state index in [9.17, 15) is 9.90 Å². The summed E-state index contributed by atoms with van der Waals surface area (Å²) in [7, 11) is 0. The van der Waals surface area contributed by atoms with E-state index < -0.39 is 12.0 Å². The first-order valence-corrected chi connectivity index (χ1v) is 6.73. The summed E-state index contributed by atoms with van der Waals surface area (Å²) in [5.41, 5.74) is 1.93. The predicted octanol–water partition coefficient (Wildman–Crippen LogP) is 3.97. The first kappa shape index (κ1) is 14.9. The number of aliphatic hydroxyl groups is 1. The molecular weight excluding hydrogens is 297 g/mol. The normalized spacial score (nSPS) is 12.0. The predicted molar refractivity (Wildman–Crippen MR) is 81.2 cm³/mol. The van der Waals surface area contributed by atoms with Gasteiger partial charge in [-0.1, -0.05) is 41.4 Å². The van der Waals surface area contributed by atoms with Gasteiger partial charge in [0.25, 0.3) is 5.91 Å². The SMILES string of the molecule is Cc1ccccc1NC(=O)C(O)c1cc(Cl)cc(Cl)c1. The van der Waals surface area contributed by atoms with Crippen molar-refractivity contribution in [3.63, 3.8) is 0 Å². The Labute approximate surface area is 127 Å². The molecule has 0 heterocycles. The number of aliphatic hydroxyl groups excluding tert-OH is 1. The van der Waals surface area contributed by atoms with Gasteiger partial charge in [0.05, 0.1) is 0 Å². The second kappa shape index (κ2) is 6.27. The molecule has 20 heavy (non-hydrogen) atoms. The molecule has 2 rings (SSSR count). The molecule has 1 amide bonds. The molecule has 2 N–H and O–H groups in total. The highest BCUT2D eigenvalue weighted by Crippen LogP contribution is 2.25. The van der Waals surface area contributed by atoms with E-state index in [0.717, 1.165) is 5.56 Å². The largest absolute Gasteiger partial charge is 0.378 e. The molecule has 5 heteroatoms. The van der Waals surface area contributed by atoms with Crippen molar-refractivity contribution in [1.29, 1.82) is 0 Å². The summed E-state index contributed by atoms with van der Waals surface area (Å²) >= 11 is 11.7. The monoisotopic (exact) mass is 309 g/mol. The molecule has 1 atom stereocenters. The quantitative estimate of drug-likeness (QED) is 0.901. The fourth-order valence-corrected chi connectivity index (χ4v) is 2.34. The van der Waals surface area contributed by atoms with Crippen molar-refractivity contribution in [2.75, 3.05) is 5.32 Å². The lowest BCUT2D eigenvalue weighted by atomic mass is 10.1. The molecule has 0 aliphatic rings. The number of aryl methyl sites for hydroxylation is 1. The molecule has 0 aliphatic heterocycles. The Balaban J connectivity index is 2.18. The van der Waals surface area contributed by atoms with Crippen molar-refractivity contribution in [1.82, 2.24) is 0 Å². The van der Waals surface area contributed by atoms with E-state index in [0.29, 0.717) is 21.3 Å². The smallest absolute Gasteiger partial charge is 0.257 e. The third-order valence-corrected chi connectivity index (χ3v) is 3.29.